The van der Waals surface area contributed by atoms with Crippen molar-refractivity contribution in [3.05, 3.63) is 29.8 Å². The van der Waals surface area contributed by atoms with E-state index in [1.54, 1.807) is 12.1 Å². The zero-order valence-corrected chi connectivity index (χ0v) is 10.3. The van der Waals surface area contributed by atoms with Crippen LogP contribution in [0.4, 0.5) is 0 Å². The monoisotopic (exact) mass is 254 g/mol. The Hall–Kier alpha value is -1.24. The summed E-state index contributed by atoms with van der Waals surface area (Å²) in [4.78, 5) is 11.3. The first-order valence-electron chi connectivity index (χ1n) is 5.33. The molecule has 0 saturated carbocycles. The third-order valence-corrected chi connectivity index (χ3v) is 4.17. The van der Waals surface area contributed by atoms with Gasteiger partial charge < -0.3 is 5.32 Å². The molecule has 1 aromatic rings. The minimum Gasteiger partial charge on any atom is -0.313 e. The highest BCUT2D eigenvalue weighted by Crippen LogP contribution is 2.13. The summed E-state index contributed by atoms with van der Waals surface area (Å²) < 4.78 is 26.5. The van der Waals surface area contributed by atoms with Gasteiger partial charge in [0.1, 0.15) is 0 Å². The molecule has 1 aliphatic heterocycles. The number of carbonyl (C=O) groups excluding carboxylic acids is 1. The topological polar surface area (TPSA) is 75.3 Å². The Morgan fingerprint density at radius 3 is 2.65 bits per heavy atom. The minimum atomic E-state index is -3.52. The number of rotatable bonds is 4. The second-order valence-electron chi connectivity index (χ2n) is 4.06. The maximum Gasteiger partial charge on any atom is 0.240 e. The van der Waals surface area contributed by atoms with Gasteiger partial charge >= 0.3 is 0 Å². The van der Waals surface area contributed by atoms with E-state index in [4.69, 9.17) is 0 Å². The smallest absolute Gasteiger partial charge is 0.240 e. The lowest BCUT2D eigenvalue weighted by Crippen LogP contribution is -2.56. The molecule has 1 aromatic carbocycles. The summed E-state index contributed by atoms with van der Waals surface area (Å²) in [5.74, 6) is -0.146. The van der Waals surface area contributed by atoms with Crippen LogP contribution in [0.25, 0.3) is 0 Å². The van der Waals surface area contributed by atoms with Gasteiger partial charge in [-0.3, -0.25) is 4.79 Å². The number of carbonyl (C=O) groups is 1. The van der Waals surface area contributed by atoms with Crippen LogP contribution in [0.1, 0.15) is 17.3 Å². The SMILES string of the molecule is CC(=O)c1cccc(S(=O)(=O)NC2CNC2)c1. The van der Waals surface area contributed by atoms with Gasteiger partial charge in [0.2, 0.25) is 10.0 Å². The molecule has 0 amide bonds. The van der Waals surface area contributed by atoms with Gasteiger partial charge in [-0.25, -0.2) is 13.1 Å². The van der Waals surface area contributed by atoms with Gasteiger partial charge in [0.05, 0.1) is 4.90 Å². The molecule has 0 bridgehead atoms. The average molecular weight is 254 g/mol. The van der Waals surface area contributed by atoms with E-state index < -0.39 is 10.0 Å². The van der Waals surface area contributed by atoms with E-state index in [9.17, 15) is 13.2 Å². The maximum absolute atomic E-state index is 12.0. The number of hydrogen-bond donors (Lipinski definition) is 2. The van der Waals surface area contributed by atoms with Crippen molar-refractivity contribution in [2.24, 2.45) is 0 Å². The Bertz CT molecular complexity index is 535. The summed E-state index contributed by atoms with van der Waals surface area (Å²) in [5, 5.41) is 2.98. The van der Waals surface area contributed by atoms with Gasteiger partial charge in [-0.15, -0.1) is 0 Å². The van der Waals surface area contributed by atoms with Crippen LogP contribution >= 0.6 is 0 Å². The fourth-order valence-electron chi connectivity index (χ4n) is 1.54. The molecule has 0 radical (unpaired) electrons. The van der Waals surface area contributed by atoms with Crippen LogP contribution in [0.5, 0.6) is 0 Å². The van der Waals surface area contributed by atoms with Gasteiger partial charge in [0.15, 0.2) is 5.78 Å². The molecule has 1 aliphatic rings. The van der Waals surface area contributed by atoms with Crippen LogP contribution in [0, 0.1) is 0 Å². The lowest BCUT2D eigenvalue weighted by Gasteiger charge is -2.27. The van der Waals surface area contributed by atoms with Crippen LogP contribution in [-0.4, -0.2) is 33.3 Å². The van der Waals surface area contributed by atoms with Gasteiger partial charge in [-0.05, 0) is 19.1 Å². The zero-order chi connectivity index (χ0) is 12.5. The van der Waals surface area contributed by atoms with Crippen molar-refractivity contribution in [1.29, 1.82) is 0 Å². The summed E-state index contributed by atoms with van der Waals surface area (Å²) in [5.41, 5.74) is 0.402. The number of hydrogen-bond acceptors (Lipinski definition) is 4. The van der Waals surface area contributed by atoms with Crippen molar-refractivity contribution >= 4 is 15.8 Å². The van der Waals surface area contributed by atoms with Crippen molar-refractivity contribution in [2.45, 2.75) is 17.9 Å². The summed E-state index contributed by atoms with van der Waals surface area (Å²) in [6.07, 6.45) is 0. The molecule has 92 valence electrons. The van der Waals surface area contributed by atoms with Crippen molar-refractivity contribution in [3.8, 4) is 0 Å². The normalized spacial score (nSPS) is 16.5. The Balaban J connectivity index is 2.25. The van der Waals surface area contributed by atoms with Gasteiger partial charge in [-0.2, -0.15) is 0 Å². The third kappa shape index (κ3) is 2.71. The maximum atomic E-state index is 12.0. The lowest BCUT2D eigenvalue weighted by molar-refractivity contribution is 0.101. The summed E-state index contributed by atoms with van der Waals surface area (Å²) in [6, 6.07) is 6.01. The number of sulfonamides is 1. The fraction of sp³-hybridized carbons (Fsp3) is 0.364. The summed E-state index contributed by atoms with van der Waals surface area (Å²) in [7, 11) is -3.52. The second-order valence-corrected chi connectivity index (χ2v) is 5.77. The molecule has 0 spiro atoms. The Morgan fingerprint density at radius 2 is 2.12 bits per heavy atom. The molecule has 0 aliphatic carbocycles. The molecule has 2 rings (SSSR count). The van der Waals surface area contributed by atoms with E-state index >= 15 is 0 Å². The molecular weight excluding hydrogens is 240 g/mol. The predicted molar refractivity (Wildman–Crippen MR) is 63.4 cm³/mol. The first-order valence-corrected chi connectivity index (χ1v) is 6.81. The van der Waals surface area contributed by atoms with E-state index in [1.165, 1.54) is 19.1 Å². The molecule has 2 N–H and O–H groups in total. The molecule has 1 heterocycles. The predicted octanol–water partition coefficient (Wildman–Crippen LogP) is 0.139. The Labute approximate surface area is 100 Å². The van der Waals surface area contributed by atoms with Crippen molar-refractivity contribution in [3.63, 3.8) is 0 Å². The van der Waals surface area contributed by atoms with Crippen molar-refractivity contribution < 1.29 is 13.2 Å². The molecular formula is C11H14N2O3S. The first kappa shape index (κ1) is 12.2. The fourth-order valence-corrected chi connectivity index (χ4v) is 2.82. The average Bonchev–Trinajstić information content (AvgIpc) is 2.24. The second kappa shape index (κ2) is 4.56. The van der Waals surface area contributed by atoms with Crippen LogP contribution in [0.3, 0.4) is 0 Å². The third-order valence-electron chi connectivity index (χ3n) is 2.65. The standard InChI is InChI=1S/C11H14N2O3S/c1-8(14)9-3-2-4-11(5-9)17(15,16)13-10-6-12-7-10/h2-5,10,12-13H,6-7H2,1H3. The Kier molecular flexibility index (Phi) is 3.28. The van der Waals surface area contributed by atoms with E-state index in [-0.39, 0.29) is 16.7 Å². The summed E-state index contributed by atoms with van der Waals surface area (Å²) in [6.45, 7) is 2.70. The highest BCUT2D eigenvalue weighted by molar-refractivity contribution is 7.89. The highest BCUT2D eigenvalue weighted by Gasteiger charge is 2.24. The van der Waals surface area contributed by atoms with Crippen LogP contribution in [0.2, 0.25) is 0 Å². The Morgan fingerprint density at radius 1 is 1.41 bits per heavy atom. The number of nitrogens with one attached hydrogen (secondary N) is 2. The lowest BCUT2D eigenvalue weighted by atomic mass is 10.2. The number of ketones is 1. The summed E-state index contributed by atoms with van der Waals surface area (Å²) >= 11 is 0. The zero-order valence-electron chi connectivity index (χ0n) is 9.43. The van der Waals surface area contributed by atoms with Crippen molar-refractivity contribution in [2.75, 3.05) is 13.1 Å². The quantitative estimate of drug-likeness (QED) is 0.749. The molecule has 17 heavy (non-hydrogen) atoms. The number of benzene rings is 1. The minimum absolute atomic E-state index is 0.0546. The van der Waals surface area contributed by atoms with Gasteiger partial charge in [-0.1, -0.05) is 12.1 Å². The first-order chi connectivity index (χ1) is 7.99. The largest absolute Gasteiger partial charge is 0.313 e. The van der Waals surface area contributed by atoms with E-state index in [1.807, 2.05) is 0 Å². The van der Waals surface area contributed by atoms with Crippen molar-refractivity contribution in [1.82, 2.24) is 10.0 Å². The molecule has 1 fully saturated rings. The highest BCUT2D eigenvalue weighted by atomic mass is 32.2. The molecule has 6 heteroatoms. The molecule has 1 saturated heterocycles. The molecule has 5 nitrogen and oxygen atoms in total. The molecule has 0 aromatic heterocycles. The molecule has 0 atom stereocenters. The van der Waals surface area contributed by atoms with Gasteiger partial charge in [0, 0.05) is 24.7 Å². The van der Waals surface area contributed by atoms with Gasteiger partial charge in [0.25, 0.3) is 0 Å². The van der Waals surface area contributed by atoms with Crippen LogP contribution in [0.15, 0.2) is 29.2 Å². The van der Waals surface area contributed by atoms with E-state index in [0.717, 1.165) is 0 Å². The van der Waals surface area contributed by atoms with E-state index in [2.05, 4.69) is 10.0 Å². The van der Waals surface area contributed by atoms with Crippen LogP contribution < -0.4 is 10.0 Å². The molecule has 0 unspecified atom stereocenters. The number of Topliss-reactive ketones (excluding diaryl/α,β-unsaturated/α-hetero) is 1. The van der Waals surface area contributed by atoms with E-state index in [0.29, 0.717) is 18.7 Å². The van der Waals surface area contributed by atoms with Crippen LogP contribution in [-0.2, 0) is 10.0 Å².